The molecule has 0 aromatic rings. The van der Waals surface area contributed by atoms with Crippen LogP contribution in [0, 0.1) is 11.8 Å². The Morgan fingerprint density at radius 3 is 2.72 bits per heavy atom. The lowest BCUT2D eigenvalue weighted by Crippen LogP contribution is -2.30. The van der Waals surface area contributed by atoms with Gasteiger partial charge >= 0.3 is 0 Å². The van der Waals surface area contributed by atoms with Gasteiger partial charge in [-0.2, -0.15) is 0 Å². The summed E-state index contributed by atoms with van der Waals surface area (Å²) < 4.78 is 28.5. The molecule has 0 aromatic carbocycles. The molecular weight excluding hydrogens is 250 g/mol. The molecule has 1 heterocycles. The summed E-state index contributed by atoms with van der Waals surface area (Å²) in [5, 5.41) is 3.42. The fraction of sp³-hybridized carbons (Fsp3) is 1.00. The van der Waals surface area contributed by atoms with E-state index in [1.54, 1.807) is 0 Å². The maximum atomic E-state index is 11.6. The zero-order valence-corrected chi connectivity index (χ0v) is 12.5. The maximum absolute atomic E-state index is 11.6. The van der Waals surface area contributed by atoms with E-state index < -0.39 is 9.84 Å². The van der Waals surface area contributed by atoms with Gasteiger partial charge in [-0.3, -0.25) is 0 Å². The summed E-state index contributed by atoms with van der Waals surface area (Å²) in [6.45, 7) is 7.53. The third-order valence-electron chi connectivity index (χ3n) is 3.60. The SMILES string of the molecule is CCCNCC(CCOCC)C1CCS(=O)(=O)C1. The summed E-state index contributed by atoms with van der Waals surface area (Å²) in [5.41, 5.74) is 0. The van der Waals surface area contributed by atoms with E-state index in [0.29, 0.717) is 23.3 Å². The van der Waals surface area contributed by atoms with E-state index in [1.165, 1.54) is 0 Å². The van der Waals surface area contributed by atoms with E-state index in [4.69, 9.17) is 4.74 Å². The number of nitrogens with one attached hydrogen (secondary N) is 1. The van der Waals surface area contributed by atoms with E-state index in [1.807, 2.05) is 6.92 Å². The number of ether oxygens (including phenoxy) is 1. The van der Waals surface area contributed by atoms with Gasteiger partial charge in [-0.1, -0.05) is 6.92 Å². The molecule has 0 bridgehead atoms. The van der Waals surface area contributed by atoms with Gasteiger partial charge in [-0.25, -0.2) is 8.42 Å². The molecule has 1 aliphatic heterocycles. The second-order valence-corrected chi connectivity index (χ2v) is 7.34. The lowest BCUT2D eigenvalue weighted by molar-refractivity contribution is 0.122. The van der Waals surface area contributed by atoms with Crippen LogP contribution in [-0.4, -0.2) is 46.2 Å². The topological polar surface area (TPSA) is 55.4 Å². The van der Waals surface area contributed by atoms with Crippen LogP contribution in [0.4, 0.5) is 0 Å². The number of hydrogen-bond donors (Lipinski definition) is 1. The fourth-order valence-corrected chi connectivity index (χ4v) is 4.46. The third kappa shape index (κ3) is 5.67. The Kier molecular flexibility index (Phi) is 7.19. The molecule has 2 atom stereocenters. The van der Waals surface area contributed by atoms with Crippen LogP contribution in [0.5, 0.6) is 0 Å². The standard InChI is InChI=1S/C13H27NO3S/c1-3-7-14-10-12(5-8-17-4-2)13-6-9-18(15,16)11-13/h12-14H,3-11H2,1-2H3. The summed E-state index contributed by atoms with van der Waals surface area (Å²) in [4.78, 5) is 0. The lowest BCUT2D eigenvalue weighted by Gasteiger charge is -2.23. The zero-order valence-electron chi connectivity index (χ0n) is 11.7. The van der Waals surface area contributed by atoms with E-state index in [0.717, 1.165) is 45.6 Å². The first-order chi connectivity index (χ1) is 8.59. The summed E-state index contributed by atoms with van der Waals surface area (Å²) in [6, 6.07) is 0. The van der Waals surface area contributed by atoms with Crippen molar-refractivity contribution in [2.75, 3.05) is 37.8 Å². The Hall–Kier alpha value is -0.130. The van der Waals surface area contributed by atoms with Crippen LogP contribution < -0.4 is 5.32 Å². The lowest BCUT2D eigenvalue weighted by atomic mass is 9.89. The molecular formula is C13H27NO3S. The van der Waals surface area contributed by atoms with Gasteiger partial charge in [0.2, 0.25) is 0 Å². The first-order valence-corrected chi connectivity index (χ1v) is 8.90. The predicted octanol–water partition coefficient (Wildman–Crippen LogP) is 1.46. The van der Waals surface area contributed by atoms with Crippen molar-refractivity contribution in [1.29, 1.82) is 0 Å². The van der Waals surface area contributed by atoms with Crippen molar-refractivity contribution in [3.63, 3.8) is 0 Å². The van der Waals surface area contributed by atoms with Crippen molar-refractivity contribution in [3.05, 3.63) is 0 Å². The molecule has 1 N–H and O–H groups in total. The van der Waals surface area contributed by atoms with Crippen molar-refractivity contribution in [2.45, 2.75) is 33.1 Å². The van der Waals surface area contributed by atoms with Crippen molar-refractivity contribution >= 4 is 9.84 Å². The summed E-state index contributed by atoms with van der Waals surface area (Å²) in [6.07, 6.45) is 2.90. The van der Waals surface area contributed by atoms with Crippen LogP contribution in [0.2, 0.25) is 0 Å². The normalized spacial score (nSPS) is 24.2. The monoisotopic (exact) mass is 277 g/mol. The highest BCUT2D eigenvalue weighted by Crippen LogP contribution is 2.27. The van der Waals surface area contributed by atoms with Crippen LogP contribution >= 0.6 is 0 Å². The largest absolute Gasteiger partial charge is 0.382 e. The predicted molar refractivity (Wildman–Crippen MR) is 74.5 cm³/mol. The Morgan fingerprint density at radius 1 is 1.39 bits per heavy atom. The molecule has 18 heavy (non-hydrogen) atoms. The molecule has 1 fully saturated rings. The highest BCUT2D eigenvalue weighted by atomic mass is 32.2. The van der Waals surface area contributed by atoms with E-state index in [9.17, 15) is 8.42 Å². The van der Waals surface area contributed by atoms with Crippen LogP contribution in [0.15, 0.2) is 0 Å². The molecule has 0 amide bonds. The van der Waals surface area contributed by atoms with Crippen LogP contribution in [0.1, 0.15) is 33.1 Å². The van der Waals surface area contributed by atoms with Crippen molar-refractivity contribution in [2.24, 2.45) is 11.8 Å². The van der Waals surface area contributed by atoms with Crippen molar-refractivity contribution in [1.82, 2.24) is 5.32 Å². The Bertz CT molecular complexity index is 306. The quantitative estimate of drug-likeness (QED) is 0.648. The van der Waals surface area contributed by atoms with Crippen molar-refractivity contribution < 1.29 is 13.2 Å². The molecule has 0 saturated carbocycles. The molecule has 1 aliphatic rings. The summed E-state index contributed by atoms with van der Waals surface area (Å²) in [5.74, 6) is 1.49. The van der Waals surface area contributed by atoms with Gasteiger partial charge in [0.25, 0.3) is 0 Å². The summed E-state index contributed by atoms with van der Waals surface area (Å²) in [7, 11) is -2.77. The molecule has 108 valence electrons. The van der Waals surface area contributed by atoms with E-state index in [2.05, 4.69) is 12.2 Å². The van der Waals surface area contributed by atoms with Gasteiger partial charge in [-0.15, -0.1) is 0 Å². The molecule has 4 nitrogen and oxygen atoms in total. The minimum atomic E-state index is -2.77. The molecule has 0 aromatic heterocycles. The second kappa shape index (κ2) is 8.12. The Morgan fingerprint density at radius 2 is 2.17 bits per heavy atom. The van der Waals surface area contributed by atoms with Gasteiger partial charge < -0.3 is 10.1 Å². The number of sulfone groups is 1. The van der Waals surface area contributed by atoms with Crippen molar-refractivity contribution in [3.8, 4) is 0 Å². The van der Waals surface area contributed by atoms with Gasteiger partial charge in [-0.05, 0) is 51.1 Å². The van der Waals surface area contributed by atoms with Gasteiger partial charge in [0.15, 0.2) is 9.84 Å². The van der Waals surface area contributed by atoms with Crippen LogP contribution in [-0.2, 0) is 14.6 Å². The average Bonchev–Trinajstić information content (AvgIpc) is 2.68. The van der Waals surface area contributed by atoms with E-state index >= 15 is 0 Å². The molecule has 0 spiro atoms. The average molecular weight is 277 g/mol. The maximum Gasteiger partial charge on any atom is 0.150 e. The smallest absolute Gasteiger partial charge is 0.150 e. The van der Waals surface area contributed by atoms with Gasteiger partial charge in [0, 0.05) is 13.2 Å². The molecule has 1 rings (SSSR count). The highest BCUT2D eigenvalue weighted by molar-refractivity contribution is 7.91. The molecule has 0 radical (unpaired) electrons. The minimum Gasteiger partial charge on any atom is -0.382 e. The molecule has 5 heteroatoms. The molecule has 2 unspecified atom stereocenters. The third-order valence-corrected chi connectivity index (χ3v) is 5.40. The number of rotatable bonds is 9. The Labute approximate surface area is 111 Å². The first kappa shape index (κ1) is 15.9. The Balaban J connectivity index is 2.43. The molecule has 0 aliphatic carbocycles. The first-order valence-electron chi connectivity index (χ1n) is 7.08. The fourth-order valence-electron chi connectivity index (χ4n) is 2.54. The summed E-state index contributed by atoms with van der Waals surface area (Å²) >= 11 is 0. The second-order valence-electron chi connectivity index (χ2n) is 5.11. The van der Waals surface area contributed by atoms with Crippen LogP contribution in [0.3, 0.4) is 0 Å². The number of hydrogen-bond acceptors (Lipinski definition) is 4. The highest BCUT2D eigenvalue weighted by Gasteiger charge is 2.33. The van der Waals surface area contributed by atoms with Gasteiger partial charge in [0.05, 0.1) is 11.5 Å². The molecule has 1 saturated heterocycles. The van der Waals surface area contributed by atoms with Crippen LogP contribution in [0.25, 0.3) is 0 Å². The minimum absolute atomic E-state index is 0.319. The zero-order chi connectivity index (χ0) is 13.4. The van der Waals surface area contributed by atoms with Gasteiger partial charge in [0.1, 0.15) is 0 Å². The van der Waals surface area contributed by atoms with E-state index in [-0.39, 0.29) is 0 Å².